The van der Waals surface area contributed by atoms with Crippen molar-refractivity contribution < 1.29 is 0 Å². The number of aromatic nitrogens is 1. The second-order valence-corrected chi connectivity index (χ2v) is 5.57. The number of rotatable bonds is 5. The molecule has 0 aliphatic rings. The molecule has 0 amide bonds. The normalized spacial score (nSPS) is 14.5. The molecule has 0 N–H and O–H groups in total. The lowest BCUT2D eigenvalue weighted by Crippen LogP contribution is -2.30. The van der Waals surface area contributed by atoms with Crippen LogP contribution in [0.4, 0.5) is 0 Å². The third-order valence-corrected chi connectivity index (χ3v) is 5.03. The summed E-state index contributed by atoms with van der Waals surface area (Å²) in [6.07, 6.45) is 2.11. The van der Waals surface area contributed by atoms with Gasteiger partial charge in [-0.2, -0.15) is 0 Å². The summed E-state index contributed by atoms with van der Waals surface area (Å²) in [6.45, 7) is 2.25. The summed E-state index contributed by atoms with van der Waals surface area (Å²) in [5.41, 5.74) is 4.66. The molecule has 2 rings (SSSR count). The van der Waals surface area contributed by atoms with Crippen LogP contribution in [0.2, 0.25) is 0 Å². The first-order valence-electron chi connectivity index (χ1n) is 5.79. The summed E-state index contributed by atoms with van der Waals surface area (Å²) in [6, 6.07) is 10.7. The molecule has 17 heavy (non-hydrogen) atoms. The van der Waals surface area contributed by atoms with Crippen LogP contribution in [0.15, 0.2) is 41.2 Å². The molecule has 1 unspecified atom stereocenters. The van der Waals surface area contributed by atoms with E-state index in [1.54, 1.807) is 11.3 Å². The maximum atomic E-state index is 4.42. The molecule has 0 fully saturated rings. The van der Waals surface area contributed by atoms with Crippen LogP contribution in [0.3, 0.4) is 0 Å². The van der Waals surface area contributed by atoms with Gasteiger partial charge in [0.05, 0.1) is 11.2 Å². The van der Waals surface area contributed by atoms with Crippen molar-refractivity contribution in [2.75, 3.05) is 5.33 Å². The molecule has 3 heteroatoms. The van der Waals surface area contributed by atoms with E-state index in [0.29, 0.717) is 0 Å². The molecule has 0 radical (unpaired) electrons. The third kappa shape index (κ3) is 2.78. The van der Waals surface area contributed by atoms with Crippen molar-refractivity contribution in [2.24, 2.45) is 0 Å². The minimum absolute atomic E-state index is 0.162. The van der Waals surface area contributed by atoms with Crippen molar-refractivity contribution >= 4 is 27.3 Å². The first kappa shape index (κ1) is 12.8. The van der Waals surface area contributed by atoms with Crippen LogP contribution >= 0.6 is 27.3 Å². The average molecular weight is 310 g/mol. The molecule has 1 atom stereocenters. The minimum Gasteiger partial charge on any atom is -0.250 e. The predicted molar refractivity (Wildman–Crippen MR) is 78.0 cm³/mol. The molecule has 0 bridgehead atoms. The van der Waals surface area contributed by atoms with Gasteiger partial charge in [0.2, 0.25) is 0 Å². The molecular weight excluding hydrogens is 294 g/mol. The molecule has 90 valence electrons. The van der Waals surface area contributed by atoms with E-state index in [1.165, 1.54) is 11.3 Å². The van der Waals surface area contributed by atoms with Crippen LogP contribution in [0.5, 0.6) is 0 Å². The van der Waals surface area contributed by atoms with Crippen molar-refractivity contribution in [1.82, 2.24) is 4.98 Å². The Kier molecular flexibility index (Phi) is 4.35. The Balaban J connectivity index is 2.32. The Bertz CT molecular complexity index is 435. The highest BCUT2D eigenvalue weighted by atomic mass is 79.9. The zero-order valence-corrected chi connectivity index (χ0v) is 12.3. The van der Waals surface area contributed by atoms with Gasteiger partial charge < -0.3 is 0 Å². The fraction of sp³-hybridized carbons (Fsp3) is 0.357. The monoisotopic (exact) mass is 309 g/mol. The van der Waals surface area contributed by atoms with Crippen molar-refractivity contribution in [2.45, 2.75) is 25.2 Å². The number of alkyl halides is 1. The van der Waals surface area contributed by atoms with E-state index in [1.807, 2.05) is 5.51 Å². The molecule has 1 nitrogen and oxygen atoms in total. The van der Waals surface area contributed by atoms with E-state index in [2.05, 4.69) is 63.5 Å². The van der Waals surface area contributed by atoms with E-state index < -0.39 is 0 Å². The Labute approximate surface area is 115 Å². The Morgan fingerprint density at radius 2 is 2.06 bits per heavy atom. The van der Waals surface area contributed by atoms with Gasteiger partial charge in [0.15, 0.2) is 0 Å². The SMILES string of the molecule is CCC(CBr)(Cc1cscn1)c1ccccc1. The standard InChI is InChI=1S/C14H16BrNS/c1-2-14(10-15,8-13-9-17-11-16-13)12-6-4-3-5-7-12/h3-7,9,11H,2,8,10H2,1H3. The molecular formula is C14H16BrNS. The lowest BCUT2D eigenvalue weighted by atomic mass is 9.76. The second-order valence-electron chi connectivity index (χ2n) is 4.29. The van der Waals surface area contributed by atoms with Crippen LogP contribution in [0.1, 0.15) is 24.6 Å². The molecule has 2 aromatic rings. The maximum Gasteiger partial charge on any atom is 0.0794 e. The number of hydrogen-bond donors (Lipinski definition) is 0. The lowest BCUT2D eigenvalue weighted by Gasteiger charge is -2.31. The van der Waals surface area contributed by atoms with Gasteiger partial charge in [-0.15, -0.1) is 11.3 Å². The van der Waals surface area contributed by atoms with Gasteiger partial charge in [0, 0.05) is 22.5 Å². The summed E-state index contributed by atoms with van der Waals surface area (Å²) in [4.78, 5) is 4.42. The van der Waals surface area contributed by atoms with Crippen LogP contribution in [-0.2, 0) is 11.8 Å². The second kappa shape index (κ2) is 5.78. The largest absolute Gasteiger partial charge is 0.250 e. The van der Waals surface area contributed by atoms with E-state index >= 15 is 0 Å². The number of halogens is 1. The van der Waals surface area contributed by atoms with Crippen LogP contribution in [0, 0.1) is 0 Å². The predicted octanol–water partition coefficient (Wildman–Crippen LogP) is 4.43. The van der Waals surface area contributed by atoms with Crippen molar-refractivity contribution in [3.05, 3.63) is 52.5 Å². The fourth-order valence-electron chi connectivity index (χ4n) is 2.11. The number of benzene rings is 1. The van der Waals surface area contributed by atoms with E-state index in [9.17, 15) is 0 Å². The van der Waals surface area contributed by atoms with Gasteiger partial charge in [0.1, 0.15) is 0 Å². The summed E-state index contributed by atoms with van der Waals surface area (Å²) < 4.78 is 0. The highest BCUT2D eigenvalue weighted by molar-refractivity contribution is 9.09. The quantitative estimate of drug-likeness (QED) is 0.745. The molecule has 0 saturated carbocycles. The van der Waals surface area contributed by atoms with Crippen LogP contribution < -0.4 is 0 Å². The molecule has 1 heterocycles. The third-order valence-electron chi connectivity index (χ3n) is 3.32. The Hall–Kier alpha value is -0.670. The highest BCUT2D eigenvalue weighted by Crippen LogP contribution is 2.33. The summed E-state index contributed by atoms with van der Waals surface area (Å²) in [7, 11) is 0. The highest BCUT2D eigenvalue weighted by Gasteiger charge is 2.30. The van der Waals surface area contributed by atoms with Gasteiger partial charge in [-0.3, -0.25) is 0 Å². The van der Waals surface area contributed by atoms with Gasteiger partial charge >= 0.3 is 0 Å². The van der Waals surface area contributed by atoms with Crippen molar-refractivity contribution in [3.8, 4) is 0 Å². The summed E-state index contributed by atoms with van der Waals surface area (Å²) in [5.74, 6) is 0. The fourth-order valence-corrected chi connectivity index (χ4v) is 3.59. The smallest absolute Gasteiger partial charge is 0.0794 e. The van der Waals surface area contributed by atoms with Gasteiger partial charge in [-0.1, -0.05) is 53.2 Å². The van der Waals surface area contributed by atoms with E-state index in [0.717, 1.165) is 18.2 Å². The molecule has 0 aliphatic heterocycles. The summed E-state index contributed by atoms with van der Waals surface area (Å²) >= 11 is 5.36. The van der Waals surface area contributed by atoms with Gasteiger partial charge in [0.25, 0.3) is 0 Å². The van der Waals surface area contributed by atoms with Gasteiger partial charge in [-0.25, -0.2) is 4.98 Å². The van der Waals surface area contributed by atoms with Gasteiger partial charge in [-0.05, 0) is 12.0 Å². The summed E-state index contributed by atoms with van der Waals surface area (Å²) in [5, 5.41) is 3.12. The lowest BCUT2D eigenvalue weighted by molar-refractivity contribution is 0.460. The average Bonchev–Trinajstić information content (AvgIpc) is 2.90. The van der Waals surface area contributed by atoms with Crippen molar-refractivity contribution in [1.29, 1.82) is 0 Å². The zero-order chi connectivity index (χ0) is 12.1. The number of thiazole rings is 1. The number of nitrogens with zero attached hydrogens (tertiary/aromatic N) is 1. The molecule has 0 aliphatic carbocycles. The Morgan fingerprint density at radius 1 is 1.29 bits per heavy atom. The molecule has 1 aromatic heterocycles. The zero-order valence-electron chi connectivity index (χ0n) is 9.90. The van der Waals surface area contributed by atoms with E-state index in [4.69, 9.17) is 0 Å². The topological polar surface area (TPSA) is 12.9 Å². The first-order chi connectivity index (χ1) is 8.30. The molecule has 0 saturated heterocycles. The van der Waals surface area contributed by atoms with Crippen LogP contribution in [0.25, 0.3) is 0 Å². The maximum absolute atomic E-state index is 4.42. The molecule has 0 spiro atoms. The van der Waals surface area contributed by atoms with Crippen LogP contribution in [-0.4, -0.2) is 10.3 Å². The minimum atomic E-state index is 0.162. The van der Waals surface area contributed by atoms with E-state index in [-0.39, 0.29) is 5.41 Å². The first-order valence-corrected chi connectivity index (χ1v) is 7.86. The molecule has 1 aromatic carbocycles. The van der Waals surface area contributed by atoms with Crippen molar-refractivity contribution in [3.63, 3.8) is 0 Å². The number of hydrogen-bond acceptors (Lipinski definition) is 2. The Morgan fingerprint density at radius 3 is 2.59 bits per heavy atom.